The summed E-state index contributed by atoms with van der Waals surface area (Å²) < 4.78 is 0. The molecule has 2 rings (SSSR count). The van der Waals surface area contributed by atoms with Crippen LogP contribution in [0.3, 0.4) is 0 Å². The largest absolute Gasteiger partial charge is 0.315 e. The highest BCUT2D eigenvalue weighted by Gasteiger charge is 2.30. The molecule has 1 aromatic rings. The van der Waals surface area contributed by atoms with Crippen LogP contribution in [0, 0.1) is 0 Å². The van der Waals surface area contributed by atoms with E-state index in [2.05, 4.69) is 19.9 Å². The maximum Gasteiger partial charge on any atom is 0.214 e. The molecule has 0 unspecified atom stereocenters. The van der Waals surface area contributed by atoms with Crippen LogP contribution in [0.25, 0.3) is 0 Å². The van der Waals surface area contributed by atoms with E-state index in [9.17, 15) is 4.79 Å². The second kappa shape index (κ2) is 3.12. The smallest absolute Gasteiger partial charge is 0.214 e. The third-order valence-electron chi connectivity index (χ3n) is 3.05. The molecule has 74 valence electrons. The standard InChI is InChI=1S/C12H15NO/c1-12(2)7-8-13(9-14)11-6-4-3-5-10(11)12/h3-6,9H,7-8H2,1-2H3. The Bertz CT molecular complexity index is 357. The van der Waals surface area contributed by atoms with Crippen molar-refractivity contribution in [2.45, 2.75) is 25.7 Å². The van der Waals surface area contributed by atoms with Crippen LogP contribution >= 0.6 is 0 Å². The lowest BCUT2D eigenvalue weighted by Crippen LogP contribution is -2.36. The number of nitrogens with zero attached hydrogens (tertiary/aromatic N) is 1. The fourth-order valence-electron chi connectivity index (χ4n) is 2.06. The number of hydrogen-bond donors (Lipinski definition) is 0. The van der Waals surface area contributed by atoms with Crippen LogP contribution in [0.1, 0.15) is 25.8 Å². The minimum Gasteiger partial charge on any atom is -0.315 e. The van der Waals surface area contributed by atoms with Gasteiger partial charge in [0.2, 0.25) is 6.41 Å². The molecule has 0 saturated heterocycles. The van der Waals surface area contributed by atoms with Crippen LogP contribution in [-0.4, -0.2) is 13.0 Å². The topological polar surface area (TPSA) is 20.3 Å². The average molecular weight is 189 g/mol. The Morgan fingerprint density at radius 1 is 1.36 bits per heavy atom. The molecule has 0 atom stereocenters. The predicted octanol–water partition coefficient (Wildman–Crippen LogP) is 2.33. The lowest BCUT2D eigenvalue weighted by molar-refractivity contribution is -0.107. The van der Waals surface area contributed by atoms with E-state index < -0.39 is 0 Å². The first kappa shape index (κ1) is 9.25. The number of carbonyl (C=O) groups excluding carboxylic acids is 1. The van der Waals surface area contributed by atoms with Gasteiger partial charge in [0.05, 0.1) is 0 Å². The fraction of sp³-hybridized carbons (Fsp3) is 0.417. The highest BCUT2D eigenvalue weighted by Crippen LogP contribution is 2.38. The highest BCUT2D eigenvalue weighted by molar-refractivity contribution is 5.78. The van der Waals surface area contributed by atoms with Crippen molar-refractivity contribution in [3.05, 3.63) is 29.8 Å². The zero-order chi connectivity index (χ0) is 10.2. The number of benzene rings is 1. The van der Waals surface area contributed by atoms with Crippen molar-refractivity contribution in [2.75, 3.05) is 11.4 Å². The first-order valence-electron chi connectivity index (χ1n) is 4.96. The predicted molar refractivity (Wildman–Crippen MR) is 57.5 cm³/mol. The average Bonchev–Trinajstić information content (AvgIpc) is 2.18. The lowest BCUT2D eigenvalue weighted by atomic mass is 9.78. The van der Waals surface area contributed by atoms with Crippen molar-refractivity contribution >= 4 is 12.1 Å². The van der Waals surface area contributed by atoms with Crippen LogP contribution in [0.4, 0.5) is 5.69 Å². The summed E-state index contributed by atoms with van der Waals surface area (Å²) in [6.45, 7) is 5.29. The molecule has 0 spiro atoms. The molecule has 0 N–H and O–H groups in total. The van der Waals surface area contributed by atoms with E-state index in [1.165, 1.54) is 5.56 Å². The van der Waals surface area contributed by atoms with Crippen LogP contribution < -0.4 is 4.90 Å². The Hall–Kier alpha value is -1.31. The number of hydrogen-bond acceptors (Lipinski definition) is 1. The SMILES string of the molecule is CC1(C)CCN(C=O)c2ccccc21. The van der Waals surface area contributed by atoms with Crippen molar-refractivity contribution in [3.63, 3.8) is 0 Å². The molecule has 0 radical (unpaired) electrons. The first-order chi connectivity index (χ1) is 6.65. The van der Waals surface area contributed by atoms with E-state index in [0.717, 1.165) is 25.1 Å². The fourth-order valence-corrected chi connectivity index (χ4v) is 2.06. The van der Waals surface area contributed by atoms with E-state index in [4.69, 9.17) is 0 Å². The van der Waals surface area contributed by atoms with E-state index in [1.54, 1.807) is 4.90 Å². The molecule has 0 bridgehead atoms. The molecule has 0 aromatic heterocycles. The summed E-state index contributed by atoms with van der Waals surface area (Å²) in [4.78, 5) is 12.7. The summed E-state index contributed by atoms with van der Waals surface area (Å²) in [6.07, 6.45) is 1.96. The maximum atomic E-state index is 10.9. The quantitative estimate of drug-likeness (QED) is 0.621. The maximum absolute atomic E-state index is 10.9. The number of carbonyl (C=O) groups is 1. The summed E-state index contributed by atoms with van der Waals surface area (Å²) in [6, 6.07) is 8.15. The molecule has 0 saturated carbocycles. The molecule has 14 heavy (non-hydrogen) atoms. The Morgan fingerprint density at radius 2 is 2.07 bits per heavy atom. The molecule has 1 aliphatic rings. The number of amides is 1. The van der Waals surface area contributed by atoms with Crippen LogP contribution in [0.5, 0.6) is 0 Å². The number of para-hydroxylation sites is 1. The van der Waals surface area contributed by atoms with E-state index in [0.29, 0.717) is 0 Å². The van der Waals surface area contributed by atoms with Crippen molar-refractivity contribution in [1.82, 2.24) is 0 Å². The van der Waals surface area contributed by atoms with E-state index in [1.807, 2.05) is 18.2 Å². The number of anilines is 1. The van der Waals surface area contributed by atoms with Gasteiger partial charge in [-0.05, 0) is 23.5 Å². The molecular weight excluding hydrogens is 174 g/mol. The van der Waals surface area contributed by atoms with Crippen molar-refractivity contribution in [1.29, 1.82) is 0 Å². The van der Waals surface area contributed by atoms with Crippen LogP contribution in [-0.2, 0) is 10.2 Å². The molecule has 1 amide bonds. The van der Waals surface area contributed by atoms with Gasteiger partial charge in [0.1, 0.15) is 0 Å². The summed E-state index contributed by atoms with van der Waals surface area (Å²) in [5.74, 6) is 0. The second-order valence-corrected chi connectivity index (χ2v) is 4.45. The molecule has 1 aliphatic heterocycles. The van der Waals surface area contributed by atoms with Gasteiger partial charge in [-0.3, -0.25) is 4.79 Å². The van der Waals surface area contributed by atoms with Gasteiger partial charge in [0, 0.05) is 12.2 Å². The van der Waals surface area contributed by atoms with Gasteiger partial charge in [0.25, 0.3) is 0 Å². The lowest BCUT2D eigenvalue weighted by Gasteiger charge is -2.37. The van der Waals surface area contributed by atoms with Gasteiger partial charge in [0.15, 0.2) is 0 Å². The van der Waals surface area contributed by atoms with Gasteiger partial charge in [-0.25, -0.2) is 0 Å². The summed E-state index contributed by atoms with van der Waals surface area (Å²) in [5, 5.41) is 0. The van der Waals surface area contributed by atoms with Crippen molar-refractivity contribution < 1.29 is 4.79 Å². The zero-order valence-electron chi connectivity index (χ0n) is 8.66. The van der Waals surface area contributed by atoms with Gasteiger partial charge in [-0.15, -0.1) is 0 Å². The molecule has 2 heteroatoms. The van der Waals surface area contributed by atoms with Crippen molar-refractivity contribution in [2.24, 2.45) is 0 Å². The van der Waals surface area contributed by atoms with E-state index >= 15 is 0 Å². The Kier molecular flexibility index (Phi) is 2.06. The van der Waals surface area contributed by atoms with Gasteiger partial charge < -0.3 is 4.90 Å². The summed E-state index contributed by atoms with van der Waals surface area (Å²) in [5.41, 5.74) is 2.54. The second-order valence-electron chi connectivity index (χ2n) is 4.45. The zero-order valence-corrected chi connectivity index (χ0v) is 8.66. The third-order valence-corrected chi connectivity index (χ3v) is 3.05. The molecule has 0 aliphatic carbocycles. The van der Waals surface area contributed by atoms with E-state index in [-0.39, 0.29) is 5.41 Å². The highest BCUT2D eigenvalue weighted by atomic mass is 16.1. The van der Waals surface area contributed by atoms with Crippen molar-refractivity contribution in [3.8, 4) is 0 Å². The summed E-state index contributed by atoms with van der Waals surface area (Å²) in [7, 11) is 0. The molecule has 0 fully saturated rings. The van der Waals surface area contributed by atoms with Crippen LogP contribution in [0.2, 0.25) is 0 Å². The molecular formula is C12H15NO. The van der Waals surface area contributed by atoms with Gasteiger partial charge >= 0.3 is 0 Å². The first-order valence-corrected chi connectivity index (χ1v) is 4.96. The van der Waals surface area contributed by atoms with Gasteiger partial charge in [-0.2, -0.15) is 0 Å². The third kappa shape index (κ3) is 1.31. The molecule has 1 heterocycles. The number of rotatable bonds is 1. The monoisotopic (exact) mass is 189 g/mol. The van der Waals surface area contributed by atoms with Crippen LogP contribution in [0.15, 0.2) is 24.3 Å². The Labute approximate surface area is 84.5 Å². The summed E-state index contributed by atoms with van der Waals surface area (Å²) >= 11 is 0. The normalized spacial score (nSPS) is 18.9. The Balaban J connectivity index is 2.54. The minimum atomic E-state index is 0.191. The minimum absolute atomic E-state index is 0.191. The molecule has 2 nitrogen and oxygen atoms in total. The van der Waals surface area contributed by atoms with Gasteiger partial charge in [-0.1, -0.05) is 32.0 Å². The molecule has 1 aromatic carbocycles. The number of fused-ring (bicyclic) bond motifs is 1. The Morgan fingerprint density at radius 3 is 2.79 bits per heavy atom.